The third-order valence-electron chi connectivity index (χ3n) is 7.78. The summed E-state index contributed by atoms with van der Waals surface area (Å²) in [6, 6.07) is 22.8. The predicted molar refractivity (Wildman–Crippen MR) is 166 cm³/mol. The summed E-state index contributed by atoms with van der Waals surface area (Å²) in [5, 5.41) is 8.81. The molecule has 0 bridgehead atoms. The van der Waals surface area contributed by atoms with E-state index in [9.17, 15) is 13.2 Å². The third kappa shape index (κ3) is 6.64. The third-order valence-corrected chi connectivity index (χ3v) is 9.58. The molecule has 0 N–H and O–H groups in total. The Hall–Kier alpha value is -4.88. The molecule has 2 aliphatic heterocycles. The molecule has 45 heavy (non-hydrogen) atoms. The van der Waals surface area contributed by atoms with Crippen LogP contribution in [-0.4, -0.2) is 87.5 Å². The number of aromatic nitrogens is 2. The molecule has 0 spiro atoms. The minimum atomic E-state index is -4.04. The van der Waals surface area contributed by atoms with Gasteiger partial charge in [0.15, 0.2) is 17.3 Å². The van der Waals surface area contributed by atoms with Gasteiger partial charge in [-0.3, -0.25) is 4.79 Å². The molecule has 0 unspecified atom stereocenters. The Balaban J connectivity index is 1.14. The Kier molecular flexibility index (Phi) is 8.71. The van der Waals surface area contributed by atoms with Crippen LogP contribution in [0.25, 0.3) is 11.3 Å². The van der Waals surface area contributed by atoms with E-state index in [1.807, 2.05) is 36.4 Å². The quantitative estimate of drug-likeness (QED) is 0.257. The Bertz CT molecular complexity index is 1760. The number of benzene rings is 3. The zero-order valence-corrected chi connectivity index (χ0v) is 25.8. The fourth-order valence-corrected chi connectivity index (χ4v) is 6.61. The molecule has 1 aromatic heterocycles. The average molecular weight is 632 g/mol. The van der Waals surface area contributed by atoms with Gasteiger partial charge in [-0.15, -0.1) is 10.2 Å². The largest absolute Gasteiger partial charge is 0.497 e. The molecule has 13 heteroatoms. The normalized spacial score (nSPS) is 14.5. The summed E-state index contributed by atoms with van der Waals surface area (Å²) in [7, 11) is -0.904. The highest BCUT2D eigenvalue weighted by atomic mass is 32.2. The second kappa shape index (κ2) is 13.0. The molecular weight excluding hydrogens is 598 g/mol. The summed E-state index contributed by atoms with van der Waals surface area (Å²) >= 11 is 0. The Labute approximate surface area is 261 Å². The van der Waals surface area contributed by atoms with Crippen molar-refractivity contribution >= 4 is 21.7 Å². The van der Waals surface area contributed by atoms with Gasteiger partial charge in [0.1, 0.15) is 11.5 Å². The summed E-state index contributed by atoms with van der Waals surface area (Å²) in [5.74, 6) is 2.83. The molecule has 2 aliphatic rings. The molecule has 4 aromatic rings. The van der Waals surface area contributed by atoms with Crippen LogP contribution in [0.15, 0.2) is 83.8 Å². The second-order valence-corrected chi connectivity index (χ2v) is 12.5. The SMILES string of the molecule is COc1ccc(S(=O)(=O)N(CC(=O)N2CCN(c3ccc(-c4cccc(OC)c4)nn3)CC2)Cc2ccc3c(c2)OCO3)cc1. The summed E-state index contributed by atoms with van der Waals surface area (Å²) in [5.41, 5.74) is 2.30. The molecule has 1 amide bonds. The molecule has 1 fully saturated rings. The zero-order chi connectivity index (χ0) is 31.4. The molecule has 0 aliphatic carbocycles. The van der Waals surface area contributed by atoms with E-state index < -0.39 is 10.0 Å². The van der Waals surface area contributed by atoms with E-state index in [0.717, 1.165) is 17.0 Å². The van der Waals surface area contributed by atoms with Crippen LogP contribution in [0.3, 0.4) is 0 Å². The summed E-state index contributed by atoms with van der Waals surface area (Å²) in [6.45, 7) is 1.66. The van der Waals surface area contributed by atoms with Crippen molar-refractivity contribution in [1.29, 1.82) is 0 Å². The van der Waals surface area contributed by atoms with Crippen molar-refractivity contribution in [3.05, 3.63) is 84.4 Å². The van der Waals surface area contributed by atoms with Crippen LogP contribution in [0.4, 0.5) is 5.82 Å². The van der Waals surface area contributed by atoms with Crippen LogP contribution in [-0.2, 0) is 21.4 Å². The zero-order valence-electron chi connectivity index (χ0n) is 25.0. The van der Waals surface area contributed by atoms with Gasteiger partial charge in [0.2, 0.25) is 22.7 Å². The molecule has 6 rings (SSSR count). The van der Waals surface area contributed by atoms with E-state index >= 15 is 0 Å². The van der Waals surface area contributed by atoms with E-state index in [0.29, 0.717) is 54.8 Å². The van der Waals surface area contributed by atoms with Crippen molar-refractivity contribution in [2.45, 2.75) is 11.4 Å². The number of ether oxygens (including phenoxy) is 4. The minimum Gasteiger partial charge on any atom is -0.497 e. The van der Waals surface area contributed by atoms with Crippen molar-refractivity contribution in [1.82, 2.24) is 19.4 Å². The predicted octanol–water partition coefficient (Wildman–Crippen LogP) is 3.43. The topological polar surface area (TPSA) is 124 Å². The van der Waals surface area contributed by atoms with E-state index in [1.165, 1.54) is 23.5 Å². The first-order valence-corrected chi connectivity index (χ1v) is 15.8. The summed E-state index contributed by atoms with van der Waals surface area (Å²) < 4.78 is 50.2. The molecule has 0 atom stereocenters. The van der Waals surface area contributed by atoms with Gasteiger partial charge >= 0.3 is 0 Å². The van der Waals surface area contributed by atoms with Gasteiger partial charge in [-0.05, 0) is 66.2 Å². The fraction of sp³-hybridized carbons (Fsp3) is 0.281. The van der Waals surface area contributed by atoms with E-state index in [4.69, 9.17) is 18.9 Å². The average Bonchev–Trinajstić information content (AvgIpc) is 3.56. The van der Waals surface area contributed by atoms with Crippen molar-refractivity contribution in [2.24, 2.45) is 0 Å². The maximum atomic E-state index is 13.8. The highest BCUT2D eigenvalue weighted by molar-refractivity contribution is 7.89. The fourth-order valence-electron chi connectivity index (χ4n) is 5.23. The smallest absolute Gasteiger partial charge is 0.243 e. The molecule has 1 saturated heterocycles. The monoisotopic (exact) mass is 631 g/mol. The molecule has 0 radical (unpaired) electrons. The van der Waals surface area contributed by atoms with E-state index in [1.54, 1.807) is 42.3 Å². The van der Waals surface area contributed by atoms with Gasteiger partial charge in [-0.25, -0.2) is 8.42 Å². The number of hydrogen-bond acceptors (Lipinski definition) is 10. The van der Waals surface area contributed by atoms with Crippen LogP contribution in [0.5, 0.6) is 23.0 Å². The Morgan fingerprint density at radius 1 is 0.844 bits per heavy atom. The van der Waals surface area contributed by atoms with Crippen LogP contribution < -0.4 is 23.8 Å². The number of nitrogens with zero attached hydrogens (tertiary/aromatic N) is 5. The summed E-state index contributed by atoms with van der Waals surface area (Å²) in [4.78, 5) is 17.4. The lowest BCUT2D eigenvalue weighted by atomic mass is 10.1. The number of methoxy groups -OCH3 is 2. The molecule has 0 saturated carbocycles. The molecular formula is C32H33N5O7S. The number of anilines is 1. The molecule has 234 valence electrons. The standard InChI is InChI=1S/C32H33N5O7S/c1-41-25-7-9-27(10-8-25)45(39,40)37(20-23-6-12-29-30(18-23)44-22-43-29)21-32(38)36-16-14-35(15-17-36)31-13-11-28(33-34-31)24-4-3-5-26(19-24)42-2/h3-13,18-19H,14-17,20-22H2,1-2H3. The second-order valence-electron chi connectivity index (χ2n) is 10.5. The van der Waals surface area contributed by atoms with Crippen LogP contribution in [0.1, 0.15) is 5.56 Å². The van der Waals surface area contributed by atoms with Crippen molar-refractivity contribution < 1.29 is 32.2 Å². The first-order chi connectivity index (χ1) is 21.8. The number of carbonyl (C=O) groups excluding carboxylic acids is 1. The number of amides is 1. The van der Waals surface area contributed by atoms with Crippen LogP contribution in [0, 0.1) is 0 Å². The van der Waals surface area contributed by atoms with Gasteiger partial charge < -0.3 is 28.7 Å². The number of sulfonamides is 1. The maximum Gasteiger partial charge on any atom is 0.243 e. The number of fused-ring (bicyclic) bond motifs is 1. The van der Waals surface area contributed by atoms with Gasteiger partial charge in [-0.1, -0.05) is 18.2 Å². The van der Waals surface area contributed by atoms with Gasteiger partial charge in [0, 0.05) is 38.3 Å². The van der Waals surface area contributed by atoms with Gasteiger partial charge in [0.05, 0.1) is 31.4 Å². The first kappa shape index (κ1) is 30.2. The van der Waals surface area contributed by atoms with Crippen molar-refractivity contribution in [3.63, 3.8) is 0 Å². The lowest BCUT2D eigenvalue weighted by Gasteiger charge is -2.36. The van der Waals surface area contributed by atoms with Gasteiger partial charge in [0.25, 0.3) is 0 Å². The number of carbonyl (C=O) groups is 1. The maximum absolute atomic E-state index is 13.8. The molecule has 3 aromatic carbocycles. The molecule has 3 heterocycles. The highest BCUT2D eigenvalue weighted by Gasteiger charge is 2.31. The molecule has 12 nitrogen and oxygen atoms in total. The first-order valence-electron chi connectivity index (χ1n) is 14.4. The number of rotatable bonds is 10. The van der Waals surface area contributed by atoms with Crippen LogP contribution >= 0.6 is 0 Å². The Morgan fingerprint density at radius 2 is 1.60 bits per heavy atom. The van der Waals surface area contributed by atoms with Crippen molar-refractivity contribution in [3.8, 4) is 34.3 Å². The van der Waals surface area contributed by atoms with E-state index in [-0.39, 0.29) is 30.7 Å². The lowest BCUT2D eigenvalue weighted by molar-refractivity contribution is -0.131. The number of piperazine rings is 1. The summed E-state index contributed by atoms with van der Waals surface area (Å²) in [6.07, 6.45) is 0. The van der Waals surface area contributed by atoms with E-state index in [2.05, 4.69) is 15.1 Å². The highest BCUT2D eigenvalue weighted by Crippen LogP contribution is 2.33. The van der Waals surface area contributed by atoms with Gasteiger partial charge in [-0.2, -0.15) is 4.31 Å². The number of hydrogen-bond donors (Lipinski definition) is 0. The van der Waals surface area contributed by atoms with Crippen molar-refractivity contribution in [2.75, 3.05) is 58.6 Å². The minimum absolute atomic E-state index is 0.0219. The lowest BCUT2D eigenvalue weighted by Crippen LogP contribution is -2.52. The Morgan fingerprint density at radius 3 is 2.31 bits per heavy atom. The van der Waals surface area contributed by atoms with Crippen LogP contribution in [0.2, 0.25) is 0 Å².